The molecule has 0 aliphatic carbocycles. The molecule has 0 bridgehead atoms. The number of ether oxygens (including phenoxy) is 1. The zero-order valence-electron chi connectivity index (χ0n) is 16.9. The minimum absolute atomic E-state index is 0.0764. The number of rotatable bonds is 5. The summed E-state index contributed by atoms with van der Waals surface area (Å²) < 4.78 is 70.1. The standard InChI is InChI=1S/C21H16F5N5O2/c1-11-15(17(32)28-13-5-3-2-4-6-13)16(12-7-9-14(10-8-12)33-19(22)23)31-20(27-11)29-18(30-31)21(24,25)26/h2-10,16,19H,1H3,(H,28,32)(H,27,29,30)/t16-/m0/s1. The smallest absolute Gasteiger partial charge is 0.435 e. The lowest BCUT2D eigenvalue weighted by molar-refractivity contribution is -0.145. The molecule has 1 aliphatic rings. The molecule has 1 amide bonds. The third-order valence-corrected chi connectivity index (χ3v) is 4.80. The highest BCUT2D eigenvalue weighted by atomic mass is 19.4. The third kappa shape index (κ3) is 4.64. The van der Waals surface area contributed by atoms with E-state index >= 15 is 0 Å². The van der Waals surface area contributed by atoms with Crippen molar-refractivity contribution < 1.29 is 31.5 Å². The number of hydrogen-bond donors (Lipinski definition) is 2. The Kier molecular flexibility index (Phi) is 5.75. The Bertz CT molecular complexity index is 1190. The van der Waals surface area contributed by atoms with Crippen LogP contribution in [0.25, 0.3) is 0 Å². The second-order valence-electron chi connectivity index (χ2n) is 7.04. The Morgan fingerprint density at radius 1 is 1.12 bits per heavy atom. The molecule has 0 saturated carbocycles. The van der Waals surface area contributed by atoms with E-state index in [1.165, 1.54) is 31.2 Å². The van der Waals surface area contributed by atoms with Gasteiger partial charge in [-0.15, -0.1) is 5.10 Å². The number of fused-ring (bicyclic) bond motifs is 1. The molecule has 2 N–H and O–H groups in total. The first-order chi connectivity index (χ1) is 15.6. The fraction of sp³-hybridized carbons (Fsp3) is 0.190. The predicted octanol–water partition coefficient (Wildman–Crippen LogP) is 4.83. The summed E-state index contributed by atoms with van der Waals surface area (Å²) in [6, 6.07) is 12.6. The van der Waals surface area contributed by atoms with E-state index in [0.29, 0.717) is 11.3 Å². The summed E-state index contributed by atoms with van der Waals surface area (Å²) in [6.07, 6.45) is -4.81. The van der Waals surface area contributed by atoms with Gasteiger partial charge < -0.3 is 15.4 Å². The third-order valence-electron chi connectivity index (χ3n) is 4.80. The van der Waals surface area contributed by atoms with Crippen LogP contribution in [0.3, 0.4) is 0 Å². The van der Waals surface area contributed by atoms with E-state index in [0.717, 1.165) is 4.68 Å². The summed E-state index contributed by atoms with van der Waals surface area (Å²) in [5.74, 6) is -2.33. The number of alkyl halides is 5. The number of benzene rings is 2. The molecular weight excluding hydrogens is 449 g/mol. The van der Waals surface area contributed by atoms with Crippen molar-refractivity contribution in [3.8, 4) is 5.75 Å². The number of carbonyl (C=O) groups excluding carboxylic acids is 1. The van der Waals surface area contributed by atoms with Gasteiger partial charge in [0, 0.05) is 11.4 Å². The van der Waals surface area contributed by atoms with Gasteiger partial charge in [-0.2, -0.15) is 26.9 Å². The Morgan fingerprint density at radius 3 is 2.39 bits per heavy atom. The molecule has 2 aromatic carbocycles. The highest BCUT2D eigenvalue weighted by Crippen LogP contribution is 2.38. The molecule has 1 atom stereocenters. The van der Waals surface area contributed by atoms with Crippen LogP contribution in [0.2, 0.25) is 0 Å². The van der Waals surface area contributed by atoms with E-state index < -0.39 is 30.6 Å². The van der Waals surface area contributed by atoms with E-state index in [1.807, 2.05) is 0 Å². The summed E-state index contributed by atoms with van der Waals surface area (Å²) in [7, 11) is 0. The van der Waals surface area contributed by atoms with Gasteiger partial charge in [0.1, 0.15) is 11.8 Å². The molecule has 172 valence electrons. The van der Waals surface area contributed by atoms with Crippen LogP contribution in [0.5, 0.6) is 5.75 Å². The van der Waals surface area contributed by atoms with Crippen molar-refractivity contribution in [3.05, 3.63) is 77.3 Å². The maximum absolute atomic E-state index is 13.3. The quantitative estimate of drug-likeness (QED) is 0.528. The lowest BCUT2D eigenvalue weighted by atomic mass is 9.95. The zero-order valence-corrected chi connectivity index (χ0v) is 16.9. The Labute approximate surface area is 183 Å². The summed E-state index contributed by atoms with van der Waals surface area (Å²) in [5.41, 5.74) is 1.13. The second-order valence-corrected chi connectivity index (χ2v) is 7.04. The summed E-state index contributed by atoms with van der Waals surface area (Å²) >= 11 is 0. The molecule has 0 unspecified atom stereocenters. The zero-order chi connectivity index (χ0) is 23.8. The van der Waals surface area contributed by atoms with E-state index in [-0.39, 0.29) is 23.0 Å². The van der Waals surface area contributed by atoms with Crippen molar-refractivity contribution in [2.24, 2.45) is 0 Å². The molecular formula is C21H16F5N5O2. The summed E-state index contributed by atoms with van der Waals surface area (Å²) in [4.78, 5) is 16.7. The number of hydrogen-bond acceptors (Lipinski definition) is 5. The average molecular weight is 465 g/mol. The molecule has 0 radical (unpaired) electrons. The Morgan fingerprint density at radius 2 is 1.79 bits per heavy atom. The van der Waals surface area contributed by atoms with Crippen LogP contribution in [-0.2, 0) is 11.0 Å². The highest BCUT2D eigenvalue weighted by molar-refractivity contribution is 6.06. The molecule has 0 saturated heterocycles. The largest absolute Gasteiger partial charge is 0.453 e. The fourth-order valence-electron chi connectivity index (χ4n) is 3.42. The van der Waals surface area contributed by atoms with Crippen LogP contribution in [-0.4, -0.2) is 27.3 Å². The lowest BCUT2D eigenvalue weighted by Gasteiger charge is -2.28. The second kappa shape index (κ2) is 8.52. The first-order valence-electron chi connectivity index (χ1n) is 9.56. The van der Waals surface area contributed by atoms with Crippen LogP contribution < -0.4 is 15.4 Å². The minimum atomic E-state index is -4.81. The lowest BCUT2D eigenvalue weighted by Crippen LogP contribution is -2.31. The molecule has 4 rings (SSSR count). The number of nitrogens with zero attached hydrogens (tertiary/aromatic N) is 3. The van der Waals surface area contributed by atoms with Crippen molar-refractivity contribution in [3.63, 3.8) is 0 Å². The van der Waals surface area contributed by atoms with Crippen molar-refractivity contribution in [1.29, 1.82) is 0 Å². The van der Waals surface area contributed by atoms with Crippen molar-refractivity contribution in [2.45, 2.75) is 25.8 Å². The van der Waals surface area contributed by atoms with Crippen LogP contribution in [0.1, 0.15) is 24.4 Å². The number of aromatic nitrogens is 3. The monoisotopic (exact) mass is 465 g/mol. The molecule has 33 heavy (non-hydrogen) atoms. The average Bonchev–Trinajstić information content (AvgIpc) is 3.18. The number of nitrogens with one attached hydrogen (secondary N) is 2. The number of anilines is 2. The molecule has 12 heteroatoms. The molecule has 0 fully saturated rings. The Balaban J connectivity index is 1.78. The minimum Gasteiger partial charge on any atom is -0.435 e. The molecule has 2 heterocycles. The van der Waals surface area contributed by atoms with E-state index in [4.69, 9.17) is 0 Å². The topological polar surface area (TPSA) is 81.1 Å². The molecule has 7 nitrogen and oxygen atoms in total. The van der Waals surface area contributed by atoms with Gasteiger partial charge in [0.2, 0.25) is 5.95 Å². The van der Waals surface area contributed by atoms with E-state index in [9.17, 15) is 26.7 Å². The summed E-state index contributed by atoms with van der Waals surface area (Å²) in [5, 5.41) is 8.97. The van der Waals surface area contributed by atoms with Gasteiger partial charge in [-0.05, 0) is 36.8 Å². The van der Waals surface area contributed by atoms with Gasteiger partial charge in [0.25, 0.3) is 11.7 Å². The number of allylic oxidation sites excluding steroid dienone is 1. The van der Waals surface area contributed by atoms with Crippen molar-refractivity contribution in [2.75, 3.05) is 10.6 Å². The Hall–Kier alpha value is -3.96. The number of halogens is 5. The molecule has 1 aliphatic heterocycles. The van der Waals surface area contributed by atoms with Crippen LogP contribution in [0.4, 0.5) is 33.6 Å². The van der Waals surface area contributed by atoms with Gasteiger partial charge in [0.15, 0.2) is 0 Å². The fourth-order valence-corrected chi connectivity index (χ4v) is 3.42. The number of carbonyl (C=O) groups is 1. The number of amides is 1. The maximum Gasteiger partial charge on any atom is 0.453 e. The molecule has 3 aromatic rings. The first kappa shape index (κ1) is 22.2. The maximum atomic E-state index is 13.3. The molecule has 0 spiro atoms. The van der Waals surface area contributed by atoms with Crippen LogP contribution in [0.15, 0.2) is 65.9 Å². The highest BCUT2D eigenvalue weighted by Gasteiger charge is 2.41. The van der Waals surface area contributed by atoms with Crippen LogP contribution >= 0.6 is 0 Å². The predicted molar refractivity (Wildman–Crippen MR) is 108 cm³/mol. The van der Waals surface area contributed by atoms with Crippen molar-refractivity contribution in [1.82, 2.24) is 14.8 Å². The van der Waals surface area contributed by atoms with Gasteiger partial charge >= 0.3 is 12.8 Å². The van der Waals surface area contributed by atoms with Crippen LogP contribution in [0, 0.1) is 0 Å². The van der Waals surface area contributed by atoms with Gasteiger partial charge in [-0.3, -0.25) is 4.79 Å². The number of para-hydroxylation sites is 1. The first-order valence-corrected chi connectivity index (χ1v) is 9.56. The van der Waals surface area contributed by atoms with Crippen molar-refractivity contribution >= 4 is 17.5 Å². The van der Waals surface area contributed by atoms with Gasteiger partial charge in [-0.1, -0.05) is 30.3 Å². The van der Waals surface area contributed by atoms with Gasteiger partial charge in [0.05, 0.1) is 5.57 Å². The van der Waals surface area contributed by atoms with E-state index in [2.05, 4.69) is 25.5 Å². The SMILES string of the molecule is CC1=C(C(=O)Nc2ccccc2)[C@H](c2ccc(OC(F)F)cc2)n2nc(C(F)(F)F)nc2N1. The molecule has 1 aromatic heterocycles. The van der Waals surface area contributed by atoms with E-state index in [1.54, 1.807) is 30.3 Å². The van der Waals surface area contributed by atoms with Gasteiger partial charge in [-0.25, -0.2) is 4.68 Å². The summed E-state index contributed by atoms with van der Waals surface area (Å²) in [6.45, 7) is -1.52. The normalized spacial score (nSPS) is 15.8.